The fourth-order valence-corrected chi connectivity index (χ4v) is 2.73. The number of nitrogens with one attached hydrogen (secondary N) is 2. The Labute approximate surface area is 148 Å². The van der Waals surface area contributed by atoms with E-state index in [0.717, 1.165) is 0 Å². The molecule has 1 saturated heterocycles. The first-order valence-electron chi connectivity index (χ1n) is 7.51. The number of esters is 1. The van der Waals surface area contributed by atoms with E-state index in [-0.39, 0.29) is 16.9 Å². The molecule has 1 unspecified atom stereocenters. The number of nitrogens with zero attached hydrogens (tertiary/aromatic N) is 1. The first-order valence-corrected chi connectivity index (χ1v) is 7.91. The van der Waals surface area contributed by atoms with Gasteiger partial charge in [0, 0.05) is 12.3 Å². The summed E-state index contributed by atoms with van der Waals surface area (Å²) in [6.45, 7) is 2.78. The summed E-state index contributed by atoms with van der Waals surface area (Å²) in [6, 6.07) is 0.512. The van der Waals surface area contributed by atoms with Crippen LogP contribution in [0.1, 0.15) is 20.1 Å². The molecule has 0 bridgehead atoms. The number of hydroxylamine groups is 1. The normalized spacial score (nSPS) is 30.2. The lowest BCUT2D eigenvalue weighted by atomic mass is 9.96. The van der Waals surface area contributed by atoms with Crippen LogP contribution in [0.2, 0.25) is 0 Å². The number of aliphatic hydroxyl groups excluding tert-OH is 1. The van der Waals surface area contributed by atoms with Crippen molar-refractivity contribution in [3.8, 4) is 0 Å². The number of aromatic nitrogens is 2. The van der Waals surface area contributed by atoms with Gasteiger partial charge in [0.15, 0.2) is 11.0 Å². The molecule has 1 fully saturated rings. The smallest absolute Gasteiger partial charge is 0.324 e. The van der Waals surface area contributed by atoms with Crippen LogP contribution in [-0.2, 0) is 19.1 Å². The molecule has 1 aromatic rings. The van der Waals surface area contributed by atoms with Crippen molar-refractivity contribution in [1.29, 1.82) is 0 Å². The fraction of sp³-hybridized carbons (Fsp3) is 0.643. The monoisotopic (exact) mass is 375 g/mol. The molecule has 5 atom stereocenters. The Bertz CT molecular complexity index is 732. The molecule has 2 rings (SSSR count). The predicted octanol–water partition coefficient (Wildman–Crippen LogP) is -1.00. The molecule has 0 radical (unpaired) electrons. The Morgan fingerprint density at radius 1 is 1.64 bits per heavy atom. The summed E-state index contributed by atoms with van der Waals surface area (Å²) in [5, 5.41) is 20.9. The molecular formula is C14H21N3O7S. The highest BCUT2D eigenvalue weighted by Gasteiger charge is 2.53. The van der Waals surface area contributed by atoms with Crippen LogP contribution in [0.3, 0.4) is 0 Å². The Kier molecular flexibility index (Phi) is 6.08. The lowest BCUT2D eigenvalue weighted by molar-refractivity contribution is -0.149. The van der Waals surface area contributed by atoms with Gasteiger partial charge in [0.1, 0.15) is 23.9 Å². The summed E-state index contributed by atoms with van der Waals surface area (Å²) in [5.74, 6) is -0.516. The van der Waals surface area contributed by atoms with Gasteiger partial charge in [0.25, 0.3) is 5.56 Å². The number of methoxy groups -OCH3 is 1. The van der Waals surface area contributed by atoms with Crippen molar-refractivity contribution in [3.63, 3.8) is 0 Å². The van der Waals surface area contributed by atoms with E-state index in [1.165, 1.54) is 37.8 Å². The van der Waals surface area contributed by atoms with E-state index >= 15 is 0 Å². The molecule has 0 aliphatic carbocycles. The van der Waals surface area contributed by atoms with E-state index in [1.54, 1.807) is 0 Å². The molecule has 1 aliphatic heterocycles. The Morgan fingerprint density at radius 3 is 2.92 bits per heavy atom. The average Bonchev–Trinajstić information content (AvgIpc) is 2.77. The molecule has 1 aliphatic rings. The molecule has 140 valence electrons. The highest BCUT2D eigenvalue weighted by atomic mass is 32.1. The molecule has 0 spiro atoms. The second-order valence-corrected chi connectivity index (χ2v) is 6.28. The maximum absolute atomic E-state index is 11.3. The van der Waals surface area contributed by atoms with Gasteiger partial charge in [0.2, 0.25) is 0 Å². The summed E-state index contributed by atoms with van der Waals surface area (Å²) in [4.78, 5) is 30.1. The zero-order valence-corrected chi connectivity index (χ0v) is 14.8. The molecule has 10 nitrogen and oxygen atoms in total. The number of hydrogen-bond acceptors (Lipinski definition) is 9. The van der Waals surface area contributed by atoms with Gasteiger partial charge in [-0.15, -0.1) is 0 Å². The molecule has 0 aromatic carbocycles. The maximum Gasteiger partial charge on any atom is 0.324 e. The van der Waals surface area contributed by atoms with Crippen molar-refractivity contribution in [1.82, 2.24) is 15.0 Å². The molecule has 2 heterocycles. The van der Waals surface area contributed by atoms with Gasteiger partial charge in [-0.2, -0.15) is 5.48 Å². The van der Waals surface area contributed by atoms with Gasteiger partial charge in [-0.1, -0.05) is 0 Å². The molecular weight excluding hydrogens is 354 g/mol. The lowest BCUT2D eigenvalue weighted by Gasteiger charge is -2.27. The molecule has 25 heavy (non-hydrogen) atoms. The van der Waals surface area contributed by atoms with Crippen molar-refractivity contribution >= 4 is 18.2 Å². The highest BCUT2D eigenvalue weighted by molar-refractivity contribution is 7.71. The van der Waals surface area contributed by atoms with Gasteiger partial charge >= 0.3 is 5.97 Å². The van der Waals surface area contributed by atoms with Crippen molar-refractivity contribution < 1.29 is 29.3 Å². The van der Waals surface area contributed by atoms with E-state index in [0.29, 0.717) is 0 Å². The van der Waals surface area contributed by atoms with Crippen molar-refractivity contribution in [2.75, 3.05) is 13.7 Å². The second kappa shape index (κ2) is 7.72. The summed E-state index contributed by atoms with van der Waals surface area (Å²) in [5.41, 5.74) is 0.389. The van der Waals surface area contributed by atoms with E-state index in [1.807, 2.05) is 0 Å². The average molecular weight is 375 g/mol. The van der Waals surface area contributed by atoms with Crippen LogP contribution < -0.4 is 11.0 Å². The van der Waals surface area contributed by atoms with Crippen LogP contribution in [0, 0.1) is 4.77 Å². The first-order chi connectivity index (χ1) is 11.7. The van der Waals surface area contributed by atoms with Crippen molar-refractivity contribution in [3.05, 3.63) is 27.4 Å². The van der Waals surface area contributed by atoms with E-state index in [4.69, 9.17) is 21.8 Å². The lowest BCUT2D eigenvalue weighted by Crippen LogP contribution is -2.45. The quantitative estimate of drug-likeness (QED) is 0.280. The third kappa shape index (κ3) is 4.14. The Balaban J connectivity index is 2.07. The van der Waals surface area contributed by atoms with Gasteiger partial charge in [-0.3, -0.25) is 24.0 Å². The van der Waals surface area contributed by atoms with Crippen LogP contribution in [0.15, 0.2) is 17.1 Å². The third-order valence-electron chi connectivity index (χ3n) is 3.92. The number of hydrogen-bond donors (Lipinski definition) is 4. The molecule has 4 N–H and O–H groups in total. The zero-order chi connectivity index (χ0) is 18.8. The Hall–Kier alpha value is -1.63. The number of aromatic amines is 1. The van der Waals surface area contributed by atoms with Gasteiger partial charge in [-0.05, 0) is 26.1 Å². The standard InChI is InChI=1S/C14H21N3O7S/c1-7(11(20)22-3)16-23-6-8-10(19)14(2,21)12(24-8)17-5-4-9(18)15-13(17)25/h4-5,7-8,10,12,16,19,21H,6H2,1-3H3,(H,15,18,25)/t7-,8+,10?,12+,14+/m0/s1. The minimum Gasteiger partial charge on any atom is -0.468 e. The summed E-state index contributed by atoms with van der Waals surface area (Å²) in [6.07, 6.45) is -1.85. The highest BCUT2D eigenvalue weighted by Crippen LogP contribution is 2.38. The summed E-state index contributed by atoms with van der Waals surface area (Å²) in [7, 11) is 1.25. The minimum atomic E-state index is -1.68. The molecule has 0 amide bonds. The maximum atomic E-state index is 11.3. The number of carbonyl (C=O) groups excluding carboxylic acids is 1. The van der Waals surface area contributed by atoms with Crippen LogP contribution in [0.4, 0.5) is 0 Å². The molecule has 0 saturated carbocycles. The van der Waals surface area contributed by atoms with Gasteiger partial charge in [0.05, 0.1) is 13.7 Å². The number of rotatable bonds is 6. The zero-order valence-electron chi connectivity index (χ0n) is 14.0. The van der Waals surface area contributed by atoms with Gasteiger partial charge in [-0.25, -0.2) is 0 Å². The number of ether oxygens (including phenoxy) is 2. The van der Waals surface area contributed by atoms with Crippen molar-refractivity contribution in [2.45, 2.75) is 43.9 Å². The van der Waals surface area contributed by atoms with E-state index < -0.39 is 36.0 Å². The van der Waals surface area contributed by atoms with E-state index in [9.17, 15) is 19.8 Å². The number of aliphatic hydroxyl groups is 2. The van der Waals surface area contributed by atoms with Crippen LogP contribution in [-0.4, -0.2) is 63.3 Å². The largest absolute Gasteiger partial charge is 0.468 e. The van der Waals surface area contributed by atoms with Crippen LogP contribution >= 0.6 is 12.2 Å². The summed E-state index contributed by atoms with van der Waals surface area (Å²) < 4.78 is 11.6. The number of carbonyl (C=O) groups is 1. The van der Waals surface area contributed by atoms with E-state index in [2.05, 4.69) is 15.2 Å². The second-order valence-electron chi connectivity index (χ2n) is 5.89. The minimum absolute atomic E-state index is 0.0454. The van der Waals surface area contributed by atoms with Crippen LogP contribution in [0.25, 0.3) is 0 Å². The Morgan fingerprint density at radius 2 is 2.32 bits per heavy atom. The fourth-order valence-electron chi connectivity index (χ4n) is 2.47. The number of H-pyrrole nitrogens is 1. The molecule has 11 heteroatoms. The predicted molar refractivity (Wildman–Crippen MR) is 87.0 cm³/mol. The van der Waals surface area contributed by atoms with Crippen molar-refractivity contribution in [2.24, 2.45) is 0 Å². The SMILES string of the molecule is COC(=O)[C@H](C)NOC[C@H]1O[C@@H](n2ccc(=O)[nH]c2=S)[C@](C)(O)C1O. The van der Waals surface area contributed by atoms with Crippen LogP contribution in [0.5, 0.6) is 0 Å². The van der Waals surface area contributed by atoms with Gasteiger partial charge < -0.3 is 19.7 Å². The topological polar surface area (TPSA) is 135 Å². The first kappa shape index (κ1) is 19.7. The summed E-state index contributed by atoms with van der Waals surface area (Å²) >= 11 is 5.06. The molecule has 1 aromatic heterocycles. The third-order valence-corrected chi connectivity index (χ3v) is 4.23.